The maximum atomic E-state index is 8.72. The third-order valence-corrected chi connectivity index (χ3v) is 1.86. The molecule has 0 bridgehead atoms. The molecule has 0 radical (unpaired) electrons. The Hall–Kier alpha value is -1.33. The molecule has 0 aromatic carbocycles. The van der Waals surface area contributed by atoms with Gasteiger partial charge in [0.25, 0.3) is 0 Å². The molecule has 2 heteroatoms. The number of aliphatic hydroxyl groups excluding tert-OH is 1. The predicted molar refractivity (Wildman–Crippen MR) is 58.6 cm³/mol. The van der Waals surface area contributed by atoms with E-state index in [0.29, 0.717) is 5.57 Å². The Balaban J connectivity index is 4.48. The van der Waals surface area contributed by atoms with Gasteiger partial charge >= 0.3 is 0 Å². The summed E-state index contributed by atoms with van der Waals surface area (Å²) in [5.74, 6) is 0. The summed E-state index contributed by atoms with van der Waals surface area (Å²) in [6.07, 6.45) is 8.18. The second kappa shape index (κ2) is 8.28. The maximum Gasteiger partial charge on any atom is 0.0989 e. The number of nitriles is 1. The van der Waals surface area contributed by atoms with Crippen molar-refractivity contribution in [3.63, 3.8) is 0 Å². The van der Waals surface area contributed by atoms with Crippen LogP contribution in [0.5, 0.6) is 0 Å². The lowest BCUT2D eigenvalue weighted by Crippen LogP contribution is -1.83. The Kier molecular flexibility index (Phi) is 7.49. The highest BCUT2D eigenvalue weighted by Crippen LogP contribution is 2.11. The average Bonchev–Trinajstić information content (AvgIpc) is 2.22. The third kappa shape index (κ3) is 5.34. The molecule has 0 spiro atoms. The molecule has 2 nitrogen and oxygen atoms in total. The van der Waals surface area contributed by atoms with Crippen LogP contribution in [0.3, 0.4) is 0 Å². The molecule has 0 saturated heterocycles. The number of nitrogens with zero attached hydrogens (tertiary/aromatic N) is 1. The number of hydrogen-bond acceptors (Lipinski definition) is 2. The second-order valence-electron chi connectivity index (χ2n) is 2.98. The molecular weight excluding hydrogens is 174 g/mol. The van der Waals surface area contributed by atoms with E-state index in [-0.39, 0.29) is 6.61 Å². The van der Waals surface area contributed by atoms with E-state index in [1.54, 1.807) is 12.2 Å². The molecule has 0 atom stereocenters. The van der Waals surface area contributed by atoms with Gasteiger partial charge in [-0.05, 0) is 30.6 Å². The SMILES string of the molecule is C=C/C(=C\C(C#N)=C/CO)CCCC. The van der Waals surface area contributed by atoms with Gasteiger partial charge in [0, 0.05) is 0 Å². The molecule has 0 aromatic heterocycles. The quantitative estimate of drug-likeness (QED) is 0.518. The molecule has 0 rings (SSSR count). The van der Waals surface area contributed by atoms with E-state index < -0.39 is 0 Å². The predicted octanol–water partition coefficient (Wildman–Crippen LogP) is 2.73. The minimum absolute atomic E-state index is 0.0996. The molecule has 0 saturated carbocycles. The first-order valence-corrected chi connectivity index (χ1v) is 4.82. The lowest BCUT2D eigenvalue weighted by molar-refractivity contribution is 0.342. The zero-order chi connectivity index (χ0) is 10.8. The van der Waals surface area contributed by atoms with E-state index in [4.69, 9.17) is 10.4 Å². The topological polar surface area (TPSA) is 44.0 Å². The van der Waals surface area contributed by atoms with Gasteiger partial charge in [0.15, 0.2) is 0 Å². The monoisotopic (exact) mass is 191 g/mol. The normalized spacial score (nSPS) is 12.4. The van der Waals surface area contributed by atoms with Crippen LogP contribution in [0.25, 0.3) is 0 Å². The van der Waals surface area contributed by atoms with Crippen LogP contribution >= 0.6 is 0 Å². The van der Waals surface area contributed by atoms with E-state index in [1.807, 2.05) is 6.07 Å². The van der Waals surface area contributed by atoms with Crippen molar-refractivity contribution in [2.75, 3.05) is 6.61 Å². The number of hydrogen-bond donors (Lipinski definition) is 1. The van der Waals surface area contributed by atoms with Crippen LogP contribution in [0.4, 0.5) is 0 Å². The van der Waals surface area contributed by atoms with Crippen molar-refractivity contribution >= 4 is 0 Å². The Labute approximate surface area is 85.9 Å². The number of allylic oxidation sites excluding steroid dienone is 4. The van der Waals surface area contributed by atoms with E-state index in [1.165, 1.54) is 6.08 Å². The van der Waals surface area contributed by atoms with Gasteiger partial charge in [0.05, 0.1) is 18.2 Å². The Morgan fingerprint density at radius 3 is 2.71 bits per heavy atom. The van der Waals surface area contributed by atoms with Crippen molar-refractivity contribution < 1.29 is 5.11 Å². The van der Waals surface area contributed by atoms with E-state index in [0.717, 1.165) is 24.8 Å². The summed E-state index contributed by atoms with van der Waals surface area (Å²) in [5.41, 5.74) is 1.55. The first-order valence-electron chi connectivity index (χ1n) is 4.82. The summed E-state index contributed by atoms with van der Waals surface area (Å²) < 4.78 is 0. The van der Waals surface area contributed by atoms with Gasteiger partial charge in [0.1, 0.15) is 0 Å². The van der Waals surface area contributed by atoms with Crippen molar-refractivity contribution in [3.05, 3.63) is 36.0 Å². The van der Waals surface area contributed by atoms with Crippen molar-refractivity contribution in [2.24, 2.45) is 0 Å². The Bertz CT molecular complexity index is 269. The van der Waals surface area contributed by atoms with Crippen LogP contribution in [0, 0.1) is 11.3 Å². The first-order chi connectivity index (χ1) is 6.78. The molecule has 0 fully saturated rings. The summed E-state index contributed by atoms with van der Waals surface area (Å²) in [7, 11) is 0. The largest absolute Gasteiger partial charge is 0.392 e. The Morgan fingerprint density at radius 1 is 1.57 bits per heavy atom. The minimum Gasteiger partial charge on any atom is -0.392 e. The molecule has 0 heterocycles. The van der Waals surface area contributed by atoms with Crippen LogP contribution in [0.1, 0.15) is 26.2 Å². The molecule has 0 aliphatic carbocycles. The zero-order valence-electron chi connectivity index (χ0n) is 8.66. The number of rotatable bonds is 6. The van der Waals surface area contributed by atoms with Crippen molar-refractivity contribution in [3.8, 4) is 6.07 Å². The van der Waals surface area contributed by atoms with Crippen LogP contribution in [-0.4, -0.2) is 11.7 Å². The highest BCUT2D eigenvalue weighted by atomic mass is 16.2. The van der Waals surface area contributed by atoms with Gasteiger partial charge in [0.2, 0.25) is 0 Å². The second-order valence-corrected chi connectivity index (χ2v) is 2.98. The molecule has 0 aliphatic rings. The van der Waals surface area contributed by atoms with Gasteiger partial charge in [-0.1, -0.05) is 26.0 Å². The molecule has 1 N–H and O–H groups in total. The van der Waals surface area contributed by atoms with E-state index >= 15 is 0 Å². The standard InChI is InChI=1S/C12H17NO/c1-3-5-6-11(4-2)9-12(10-13)7-8-14/h4,7,9,14H,2-3,5-6,8H2,1H3/b11-9+,12-7+. The maximum absolute atomic E-state index is 8.72. The van der Waals surface area contributed by atoms with Gasteiger partial charge in [-0.2, -0.15) is 5.26 Å². The smallest absolute Gasteiger partial charge is 0.0989 e. The fourth-order valence-corrected chi connectivity index (χ4v) is 1.05. The summed E-state index contributed by atoms with van der Waals surface area (Å²) in [6, 6.07) is 2.02. The molecular formula is C12H17NO. The lowest BCUT2D eigenvalue weighted by atomic mass is 10.1. The molecule has 0 aliphatic heterocycles. The van der Waals surface area contributed by atoms with Gasteiger partial charge < -0.3 is 5.11 Å². The Morgan fingerprint density at radius 2 is 2.29 bits per heavy atom. The fraction of sp³-hybridized carbons (Fsp3) is 0.417. The minimum atomic E-state index is -0.0996. The number of aliphatic hydroxyl groups is 1. The summed E-state index contributed by atoms with van der Waals surface area (Å²) >= 11 is 0. The van der Waals surface area contributed by atoms with E-state index in [9.17, 15) is 0 Å². The summed E-state index contributed by atoms with van der Waals surface area (Å²) in [5, 5.41) is 17.4. The van der Waals surface area contributed by atoms with Crippen LogP contribution in [0.15, 0.2) is 36.0 Å². The molecule has 0 unspecified atom stereocenters. The zero-order valence-corrected chi connectivity index (χ0v) is 8.66. The van der Waals surface area contributed by atoms with Crippen molar-refractivity contribution in [1.29, 1.82) is 5.26 Å². The van der Waals surface area contributed by atoms with E-state index in [2.05, 4.69) is 13.5 Å². The third-order valence-electron chi connectivity index (χ3n) is 1.86. The first kappa shape index (κ1) is 12.7. The van der Waals surface area contributed by atoms with Crippen molar-refractivity contribution in [1.82, 2.24) is 0 Å². The molecule has 0 amide bonds. The lowest BCUT2D eigenvalue weighted by Gasteiger charge is -1.99. The van der Waals surface area contributed by atoms with Crippen molar-refractivity contribution in [2.45, 2.75) is 26.2 Å². The van der Waals surface area contributed by atoms with Gasteiger partial charge in [-0.25, -0.2) is 0 Å². The molecule has 0 aromatic rings. The highest BCUT2D eigenvalue weighted by Gasteiger charge is 1.94. The summed E-state index contributed by atoms with van der Waals surface area (Å²) in [6.45, 7) is 5.71. The highest BCUT2D eigenvalue weighted by molar-refractivity contribution is 5.38. The van der Waals surface area contributed by atoms with Crippen LogP contribution < -0.4 is 0 Å². The average molecular weight is 191 g/mol. The molecule has 76 valence electrons. The fourth-order valence-electron chi connectivity index (χ4n) is 1.05. The summed E-state index contributed by atoms with van der Waals surface area (Å²) in [4.78, 5) is 0. The van der Waals surface area contributed by atoms with Crippen LogP contribution in [-0.2, 0) is 0 Å². The van der Waals surface area contributed by atoms with Gasteiger partial charge in [-0.3, -0.25) is 0 Å². The van der Waals surface area contributed by atoms with Gasteiger partial charge in [-0.15, -0.1) is 0 Å². The molecule has 14 heavy (non-hydrogen) atoms. The number of unbranched alkanes of at least 4 members (excludes halogenated alkanes) is 1. The van der Waals surface area contributed by atoms with Crippen LogP contribution in [0.2, 0.25) is 0 Å².